The molecule has 0 aliphatic rings. The average molecular weight is 387 g/mol. The minimum absolute atomic E-state index is 0.815. The molecule has 0 amide bonds. The fraction of sp³-hybridized carbons (Fsp3) is 1.00. The largest absolute Gasteiger partial charge is 0.397 e. The van der Waals surface area contributed by atoms with Gasteiger partial charge in [-0.25, -0.2) is 0 Å². The van der Waals surface area contributed by atoms with Crippen LogP contribution in [-0.2, 0) is 8.85 Å². The molecule has 0 fully saturated rings. The van der Waals surface area contributed by atoms with Crippen LogP contribution in [0.3, 0.4) is 0 Å². The summed E-state index contributed by atoms with van der Waals surface area (Å²) in [5.74, 6) is 0. The molecule has 0 atom stereocenters. The zero-order valence-electron chi connectivity index (χ0n) is 18.5. The van der Waals surface area contributed by atoms with E-state index < -0.39 is 9.28 Å². The molecular formula is C23H50O2Si. The van der Waals surface area contributed by atoms with Gasteiger partial charge in [0, 0.05) is 13.2 Å². The Kier molecular flexibility index (Phi) is 23.3. The van der Waals surface area contributed by atoms with Crippen molar-refractivity contribution in [3.8, 4) is 0 Å². The predicted octanol–water partition coefficient (Wildman–Crippen LogP) is 7.93. The van der Waals surface area contributed by atoms with Crippen molar-refractivity contribution in [2.24, 2.45) is 0 Å². The van der Waals surface area contributed by atoms with Crippen LogP contribution in [0.2, 0.25) is 6.04 Å². The van der Waals surface area contributed by atoms with Crippen LogP contribution in [0.1, 0.15) is 130 Å². The maximum atomic E-state index is 5.73. The van der Waals surface area contributed by atoms with Gasteiger partial charge in [-0.15, -0.1) is 0 Å². The Balaban J connectivity index is 3.13. The Hall–Kier alpha value is 0.137. The fourth-order valence-corrected chi connectivity index (χ4v) is 5.42. The average Bonchev–Trinajstić information content (AvgIpc) is 2.64. The first-order chi connectivity index (χ1) is 12.8. The summed E-state index contributed by atoms with van der Waals surface area (Å²) in [7, 11) is -1.33. The van der Waals surface area contributed by atoms with Crippen molar-refractivity contribution in [3.05, 3.63) is 0 Å². The molecule has 2 nitrogen and oxygen atoms in total. The van der Waals surface area contributed by atoms with Crippen molar-refractivity contribution >= 4 is 9.28 Å². The number of hydrogen-bond acceptors (Lipinski definition) is 2. The lowest BCUT2D eigenvalue weighted by Gasteiger charge is -2.14. The van der Waals surface area contributed by atoms with Gasteiger partial charge in [0.2, 0.25) is 0 Å². The Morgan fingerprint density at radius 2 is 0.731 bits per heavy atom. The first-order valence-electron chi connectivity index (χ1n) is 12.1. The lowest BCUT2D eigenvalue weighted by atomic mass is 10.0. The van der Waals surface area contributed by atoms with Crippen LogP contribution in [0, 0.1) is 0 Å². The van der Waals surface area contributed by atoms with Crippen LogP contribution < -0.4 is 0 Å². The summed E-state index contributed by atoms with van der Waals surface area (Å²) in [6.45, 7) is 8.08. The Bertz CT molecular complexity index is 242. The van der Waals surface area contributed by atoms with Crippen LogP contribution in [0.25, 0.3) is 0 Å². The molecular weight excluding hydrogens is 336 g/mol. The van der Waals surface area contributed by atoms with Gasteiger partial charge in [0.05, 0.1) is 0 Å². The van der Waals surface area contributed by atoms with Gasteiger partial charge in [-0.1, -0.05) is 116 Å². The molecule has 0 aromatic rings. The standard InChI is InChI=1S/C23H50O2Si/c1-4-7-8-9-10-11-12-13-14-15-16-17-18-19-20-21-22-23-26(24-5-2)25-6-3/h26H,4-23H2,1-3H3. The SMILES string of the molecule is CCCCCCCCCCCCCCCCCCC[SiH](OCC)OCC. The van der Waals surface area contributed by atoms with E-state index >= 15 is 0 Å². The predicted molar refractivity (Wildman–Crippen MR) is 119 cm³/mol. The molecule has 0 N–H and O–H groups in total. The van der Waals surface area contributed by atoms with Crippen molar-refractivity contribution in [1.29, 1.82) is 0 Å². The van der Waals surface area contributed by atoms with E-state index in [0.717, 1.165) is 13.2 Å². The van der Waals surface area contributed by atoms with Gasteiger partial charge in [-0.2, -0.15) is 0 Å². The van der Waals surface area contributed by atoms with Gasteiger partial charge >= 0.3 is 9.28 Å². The highest BCUT2D eigenvalue weighted by atomic mass is 28.3. The van der Waals surface area contributed by atoms with Crippen molar-refractivity contribution in [1.82, 2.24) is 0 Å². The normalized spacial score (nSPS) is 11.5. The third-order valence-electron chi connectivity index (χ3n) is 5.25. The van der Waals surface area contributed by atoms with Crippen LogP contribution in [0.4, 0.5) is 0 Å². The van der Waals surface area contributed by atoms with E-state index in [1.807, 2.05) is 0 Å². The minimum Gasteiger partial charge on any atom is -0.397 e. The highest BCUT2D eigenvalue weighted by Crippen LogP contribution is 2.15. The van der Waals surface area contributed by atoms with E-state index in [-0.39, 0.29) is 0 Å². The van der Waals surface area contributed by atoms with E-state index in [1.165, 1.54) is 115 Å². The zero-order chi connectivity index (χ0) is 19.1. The van der Waals surface area contributed by atoms with Crippen molar-refractivity contribution < 1.29 is 8.85 Å². The fourth-order valence-electron chi connectivity index (χ4n) is 3.62. The molecule has 0 aliphatic carbocycles. The highest BCUT2D eigenvalue weighted by Gasteiger charge is 2.10. The molecule has 0 saturated carbocycles. The first kappa shape index (κ1) is 26.1. The molecule has 0 aromatic heterocycles. The Morgan fingerprint density at radius 1 is 0.423 bits per heavy atom. The smallest absolute Gasteiger partial charge is 0.321 e. The van der Waals surface area contributed by atoms with Crippen LogP contribution in [0.5, 0.6) is 0 Å². The van der Waals surface area contributed by atoms with Gasteiger partial charge in [0.25, 0.3) is 0 Å². The Morgan fingerprint density at radius 3 is 1.04 bits per heavy atom. The molecule has 26 heavy (non-hydrogen) atoms. The summed E-state index contributed by atoms with van der Waals surface area (Å²) in [4.78, 5) is 0. The van der Waals surface area contributed by atoms with Gasteiger partial charge in [0.1, 0.15) is 0 Å². The summed E-state index contributed by atoms with van der Waals surface area (Å²) >= 11 is 0. The minimum atomic E-state index is -1.33. The number of rotatable bonds is 22. The molecule has 0 heterocycles. The second-order valence-corrected chi connectivity index (χ2v) is 9.89. The lowest BCUT2D eigenvalue weighted by molar-refractivity contribution is 0.212. The molecule has 0 bridgehead atoms. The molecule has 0 spiro atoms. The second-order valence-electron chi connectivity index (χ2n) is 7.79. The third-order valence-corrected chi connectivity index (χ3v) is 7.54. The van der Waals surface area contributed by atoms with E-state index in [2.05, 4.69) is 20.8 Å². The number of hydrogen-bond donors (Lipinski definition) is 0. The summed E-state index contributed by atoms with van der Waals surface area (Å²) in [5, 5.41) is 0. The molecule has 0 aromatic carbocycles. The first-order valence-corrected chi connectivity index (χ1v) is 13.8. The van der Waals surface area contributed by atoms with Gasteiger partial charge in [0.15, 0.2) is 0 Å². The molecule has 3 heteroatoms. The molecule has 158 valence electrons. The monoisotopic (exact) mass is 386 g/mol. The highest BCUT2D eigenvalue weighted by molar-refractivity contribution is 6.44. The molecule has 0 aliphatic heterocycles. The van der Waals surface area contributed by atoms with Crippen LogP contribution in [-0.4, -0.2) is 22.5 Å². The third kappa shape index (κ3) is 20.4. The summed E-state index contributed by atoms with van der Waals surface area (Å²) < 4.78 is 11.5. The second kappa shape index (κ2) is 23.2. The van der Waals surface area contributed by atoms with Crippen LogP contribution >= 0.6 is 0 Å². The van der Waals surface area contributed by atoms with E-state index in [9.17, 15) is 0 Å². The molecule has 0 unspecified atom stereocenters. The molecule has 0 rings (SSSR count). The van der Waals surface area contributed by atoms with Crippen molar-refractivity contribution in [3.63, 3.8) is 0 Å². The number of unbranched alkanes of at least 4 members (excludes halogenated alkanes) is 16. The summed E-state index contributed by atoms with van der Waals surface area (Å²) in [6.07, 6.45) is 24.4. The topological polar surface area (TPSA) is 18.5 Å². The molecule has 0 radical (unpaired) electrons. The van der Waals surface area contributed by atoms with Gasteiger partial charge in [-0.3, -0.25) is 0 Å². The maximum Gasteiger partial charge on any atom is 0.321 e. The summed E-state index contributed by atoms with van der Waals surface area (Å²) in [6, 6.07) is 1.19. The van der Waals surface area contributed by atoms with E-state index in [4.69, 9.17) is 8.85 Å². The Labute approximate surface area is 167 Å². The van der Waals surface area contributed by atoms with Crippen molar-refractivity contribution in [2.75, 3.05) is 13.2 Å². The summed E-state index contributed by atoms with van der Waals surface area (Å²) in [5.41, 5.74) is 0. The van der Waals surface area contributed by atoms with Crippen molar-refractivity contribution in [2.45, 2.75) is 136 Å². The zero-order valence-corrected chi connectivity index (χ0v) is 19.7. The maximum absolute atomic E-state index is 5.73. The van der Waals surface area contributed by atoms with E-state index in [1.54, 1.807) is 0 Å². The lowest BCUT2D eigenvalue weighted by Crippen LogP contribution is -2.22. The molecule has 0 saturated heterocycles. The van der Waals surface area contributed by atoms with Crippen LogP contribution in [0.15, 0.2) is 0 Å². The van der Waals surface area contributed by atoms with Gasteiger partial charge < -0.3 is 8.85 Å². The van der Waals surface area contributed by atoms with Gasteiger partial charge in [-0.05, 0) is 19.9 Å². The van der Waals surface area contributed by atoms with E-state index in [0.29, 0.717) is 0 Å². The quantitative estimate of drug-likeness (QED) is 0.139.